The van der Waals surface area contributed by atoms with E-state index in [0.717, 1.165) is 18.8 Å². The number of carboxylic acid groups (broad SMARTS) is 1. The average molecular weight is 265 g/mol. The summed E-state index contributed by atoms with van der Waals surface area (Å²) in [5.74, 6) is 0.360. The molecule has 5 nitrogen and oxygen atoms in total. The lowest BCUT2D eigenvalue weighted by atomic mass is 10.0. The molecule has 5 heteroatoms. The van der Waals surface area contributed by atoms with Gasteiger partial charge in [-0.1, -0.05) is 13.8 Å². The highest BCUT2D eigenvalue weighted by Crippen LogP contribution is 2.12. The van der Waals surface area contributed by atoms with Gasteiger partial charge in [0, 0.05) is 18.8 Å². The highest BCUT2D eigenvalue weighted by atomic mass is 16.4. The first-order chi connectivity index (χ1) is 8.88. The summed E-state index contributed by atoms with van der Waals surface area (Å²) in [5.41, 5.74) is 0.207. The number of nitrogens with one attached hydrogen (secondary N) is 1. The van der Waals surface area contributed by atoms with Crippen molar-refractivity contribution in [2.24, 2.45) is 5.92 Å². The standard InChI is InChI=1S/C14H23N3O2/c1-10(2)7-12(9-17(3)4)16-13-6-5-11(8-15-13)14(18)19/h5-6,8,10,12H,7,9H2,1-4H3,(H,15,16)(H,18,19). The van der Waals surface area contributed by atoms with E-state index < -0.39 is 5.97 Å². The third-order valence-corrected chi connectivity index (χ3v) is 2.70. The van der Waals surface area contributed by atoms with E-state index in [1.807, 2.05) is 14.1 Å². The molecule has 0 amide bonds. The molecule has 19 heavy (non-hydrogen) atoms. The smallest absolute Gasteiger partial charge is 0.337 e. The summed E-state index contributed by atoms with van der Waals surface area (Å²) in [6, 6.07) is 3.59. The molecule has 0 aliphatic rings. The lowest BCUT2D eigenvalue weighted by Gasteiger charge is -2.24. The third-order valence-electron chi connectivity index (χ3n) is 2.70. The van der Waals surface area contributed by atoms with Crippen molar-refractivity contribution < 1.29 is 9.90 Å². The molecule has 0 aliphatic carbocycles. The number of nitrogens with zero attached hydrogens (tertiary/aromatic N) is 2. The van der Waals surface area contributed by atoms with E-state index in [0.29, 0.717) is 12.0 Å². The minimum absolute atomic E-state index is 0.207. The van der Waals surface area contributed by atoms with Gasteiger partial charge in [0.2, 0.25) is 0 Å². The second-order valence-corrected chi connectivity index (χ2v) is 5.47. The van der Waals surface area contributed by atoms with Crippen LogP contribution in [0, 0.1) is 5.92 Å². The molecule has 0 radical (unpaired) electrons. The van der Waals surface area contributed by atoms with Gasteiger partial charge in [0.25, 0.3) is 0 Å². The van der Waals surface area contributed by atoms with E-state index in [1.165, 1.54) is 6.20 Å². The summed E-state index contributed by atoms with van der Waals surface area (Å²) >= 11 is 0. The largest absolute Gasteiger partial charge is 0.478 e. The molecule has 1 rings (SSSR count). The molecule has 1 aromatic heterocycles. The van der Waals surface area contributed by atoms with Crippen LogP contribution >= 0.6 is 0 Å². The number of anilines is 1. The van der Waals surface area contributed by atoms with Crippen LogP contribution in [-0.4, -0.2) is 47.6 Å². The van der Waals surface area contributed by atoms with Gasteiger partial charge in [-0.25, -0.2) is 9.78 Å². The molecular weight excluding hydrogens is 242 g/mol. The highest BCUT2D eigenvalue weighted by Gasteiger charge is 2.13. The second-order valence-electron chi connectivity index (χ2n) is 5.47. The first kappa shape index (κ1) is 15.4. The van der Waals surface area contributed by atoms with Crippen molar-refractivity contribution in [1.29, 1.82) is 0 Å². The van der Waals surface area contributed by atoms with Crippen LogP contribution in [0.15, 0.2) is 18.3 Å². The van der Waals surface area contributed by atoms with Gasteiger partial charge in [-0.3, -0.25) is 0 Å². The predicted octanol–water partition coefficient (Wildman–Crippen LogP) is 2.17. The molecule has 1 atom stereocenters. The number of carbonyl (C=O) groups is 1. The number of pyridine rings is 1. The number of rotatable bonds is 7. The Morgan fingerprint density at radius 2 is 2.11 bits per heavy atom. The maximum atomic E-state index is 10.8. The first-order valence-corrected chi connectivity index (χ1v) is 6.49. The lowest BCUT2D eigenvalue weighted by Crippen LogP contribution is -2.33. The van der Waals surface area contributed by atoms with Gasteiger partial charge in [-0.05, 0) is 38.6 Å². The van der Waals surface area contributed by atoms with E-state index >= 15 is 0 Å². The quantitative estimate of drug-likeness (QED) is 0.791. The van der Waals surface area contributed by atoms with Crippen LogP contribution in [0.2, 0.25) is 0 Å². The van der Waals surface area contributed by atoms with Gasteiger partial charge in [0.1, 0.15) is 5.82 Å². The number of aromatic carboxylic acids is 1. The van der Waals surface area contributed by atoms with Crippen molar-refractivity contribution in [2.75, 3.05) is 26.0 Å². The van der Waals surface area contributed by atoms with E-state index in [9.17, 15) is 4.79 Å². The van der Waals surface area contributed by atoms with Crippen LogP contribution in [-0.2, 0) is 0 Å². The van der Waals surface area contributed by atoms with Gasteiger partial charge < -0.3 is 15.3 Å². The molecule has 2 N–H and O–H groups in total. The zero-order valence-corrected chi connectivity index (χ0v) is 12.1. The van der Waals surface area contributed by atoms with Gasteiger partial charge in [-0.15, -0.1) is 0 Å². The van der Waals surface area contributed by atoms with Crippen LogP contribution in [0.1, 0.15) is 30.6 Å². The zero-order valence-electron chi connectivity index (χ0n) is 12.1. The Balaban J connectivity index is 2.69. The van der Waals surface area contributed by atoms with E-state index in [2.05, 4.69) is 29.0 Å². The van der Waals surface area contributed by atoms with Crippen LogP contribution in [0.25, 0.3) is 0 Å². The summed E-state index contributed by atoms with van der Waals surface area (Å²) in [7, 11) is 4.08. The summed E-state index contributed by atoms with van der Waals surface area (Å²) in [4.78, 5) is 17.0. The lowest BCUT2D eigenvalue weighted by molar-refractivity contribution is 0.0696. The maximum absolute atomic E-state index is 10.8. The Morgan fingerprint density at radius 3 is 2.53 bits per heavy atom. The number of aromatic nitrogens is 1. The SMILES string of the molecule is CC(C)CC(CN(C)C)Nc1ccc(C(=O)O)cn1. The average Bonchev–Trinajstić information content (AvgIpc) is 2.27. The molecule has 1 heterocycles. The normalized spacial score (nSPS) is 12.7. The van der Waals surface area contributed by atoms with Crippen molar-refractivity contribution in [1.82, 2.24) is 9.88 Å². The van der Waals surface area contributed by atoms with Crippen molar-refractivity contribution in [3.8, 4) is 0 Å². The molecular formula is C14H23N3O2. The molecule has 0 bridgehead atoms. The fourth-order valence-electron chi connectivity index (χ4n) is 2.00. The topological polar surface area (TPSA) is 65.5 Å². The zero-order chi connectivity index (χ0) is 14.4. The molecule has 0 fully saturated rings. The summed E-state index contributed by atoms with van der Waals surface area (Å²) in [6.07, 6.45) is 2.42. The summed E-state index contributed by atoms with van der Waals surface area (Å²) < 4.78 is 0. The fourth-order valence-corrected chi connectivity index (χ4v) is 2.00. The molecule has 0 saturated heterocycles. The van der Waals surface area contributed by atoms with Crippen molar-refractivity contribution >= 4 is 11.8 Å². The number of carboxylic acids is 1. The third kappa shape index (κ3) is 5.70. The Labute approximate surface area is 114 Å². The first-order valence-electron chi connectivity index (χ1n) is 6.49. The van der Waals surface area contributed by atoms with Crippen molar-refractivity contribution in [3.63, 3.8) is 0 Å². The second kappa shape index (κ2) is 7.09. The molecule has 0 spiro atoms. The van der Waals surface area contributed by atoms with E-state index in [-0.39, 0.29) is 5.56 Å². The Bertz CT molecular complexity index is 392. The fraction of sp³-hybridized carbons (Fsp3) is 0.571. The van der Waals surface area contributed by atoms with Gasteiger partial charge in [-0.2, -0.15) is 0 Å². The Hall–Kier alpha value is -1.62. The Kier molecular flexibility index (Phi) is 5.76. The molecule has 1 unspecified atom stereocenters. The molecule has 106 valence electrons. The number of likely N-dealkylation sites (N-methyl/N-ethyl adjacent to an activating group) is 1. The minimum Gasteiger partial charge on any atom is -0.478 e. The molecule has 0 aromatic carbocycles. The van der Waals surface area contributed by atoms with E-state index in [4.69, 9.17) is 5.11 Å². The van der Waals surface area contributed by atoms with Gasteiger partial charge in [0.05, 0.1) is 5.56 Å². The summed E-state index contributed by atoms with van der Waals surface area (Å²) in [5, 5.41) is 12.2. The minimum atomic E-state index is -0.953. The highest BCUT2D eigenvalue weighted by molar-refractivity contribution is 5.87. The molecule has 1 aromatic rings. The monoisotopic (exact) mass is 265 g/mol. The van der Waals surface area contributed by atoms with Crippen LogP contribution in [0.4, 0.5) is 5.82 Å². The van der Waals surface area contributed by atoms with Gasteiger partial charge in [0.15, 0.2) is 0 Å². The molecule has 0 aliphatic heterocycles. The predicted molar refractivity (Wildman–Crippen MR) is 76.6 cm³/mol. The number of hydrogen-bond donors (Lipinski definition) is 2. The summed E-state index contributed by atoms with van der Waals surface area (Å²) in [6.45, 7) is 5.29. The number of hydrogen-bond acceptors (Lipinski definition) is 4. The van der Waals surface area contributed by atoms with Gasteiger partial charge >= 0.3 is 5.97 Å². The van der Waals surface area contributed by atoms with Crippen molar-refractivity contribution in [2.45, 2.75) is 26.3 Å². The van der Waals surface area contributed by atoms with Crippen LogP contribution in [0.5, 0.6) is 0 Å². The molecule has 0 saturated carbocycles. The van der Waals surface area contributed by atoms with Crippen molar-refractivity contribution in [3.05, 3.63) is 23.9 Å². The van der Waals surface area contributed by atoms with Crippen LogP contribution in [0.3, 0.4) is 0 Å². The maximum Gasteiger partial charge on any atom is 0.337 e. The van der Waals surface area contributed by atoms with E-state index in [1.54, 1.807) is 12.1 Å². The van der Waals surface area contributed by atoms with Crippen LogP contribution < -0.4 is 5.32 Å². The Morgan fingerprint density at radius 1 is 1.42 bits per heavy atom.